The Morgan fingerprint density at radius 2 is 1.89 bits per heavy atom. The smallest absolute Gasteiger partial charge is 0.183 e. The minimum absolute atomic E-state index is 0. The molecule has 0 aliphatic carbocycles. The second-order valence-corrected chi connectivity index (χ2v) is 3.88. The Bertz CT molecular complexity index is 338. The Morgan fingerprint density at radius 3 is 2.47 bits per heavy atom. The molecule has 4 nitrogen and oxygen atoms in total. The molecule has 0 aliphatic rings. The number of nitrogens with zero attached hydrogens (tertiary/aromatic N) is 1. The third kappa shape index (κ3) is 6.85. The van der Waals surface area contributed by atoms with Gasteiger partial charge in [0.25, 0.3) is 0 Å². The van der Waals surface area contributed by atoms with Gasteiger partial charge in [-0.15, -0.1) is 24.8 Å². The van der Waals surface area contributed by atoms with Crippen molar-refractivity contribution in [3.05, 3.63) is 18.0 Å². The molecule has 19 heavy (non-hydrogen) atoms. The third-order valence-electron chi connectivity index (χ3n) is 2.62. The van der Waals surface area contributed by atoms with Gasteiger partial charge in [-0.05, 0) is 13.0 Å². The molecule has 0 aliphatic heterocycles. The van der Waals surface area contributed by atoms with Gasteiger partial charge in [0.1, 0.15) is 0 Å². The largest absolute Gasteiger partial charge is 0.493 e. The van der Waals surface area contributed by atoms with Gasteiger partial charge in [0.15, 0.2) is 11.5 Å². The fourth-order valence-electron chi connectivity index (χ4n) is 1.68. The summed E-state index contributed by atoms with van der Waals surface area (Å²) in [6.45, 7) is 3.92. The Balaban J connectivity index is 0. The average Bonchev–Trinajstić information content (AvgIpc) is 2.38. The number of ether oxygens (including phenoxy) is 2. The van der Waals surface area contributed by atoms with Crippen LogP contribution in [0.5, 0.6) is 11.5 Å². The molecule has 0 fully saturated rings. The van der Waals surface area contributed by atoms with Crippen molar-refractivity contribution in [2.24, 2.45) is 0 Å². The Hall–Kier alpha value is -0.710. The van der Waals surface area contributed by atoms with Gasteiger partial charge in [0.05, 0.1) is 19.9 Å². The predicted octanol–water partition coefficient (Wildman–Crippen LogP) is 3.22. The molecule has 0 amide bonds. The summed E-state index contributed by atoms with van der Waals surface area (Å²) in [6, 6.07) is 1.80. The molecule has 0 saturated heterocycles. The van der Waals surface area contributed by atoms with Crippen molar-refractivity contribution in [2.45, 2.75) is 32.7 Å². The van der Waals surface area contributed by atoms with Gasteiger partial charge in [0, 0.05) is 18.8 Å². The number of hydrogen-bond acceptors (Lipinski definition) is 4. The quantitative estimate of drug-likeness (QED) is 0.749. The minimum atomic E-state index is 0. The highest BCUT2D eigenvalue weighted by Gasteiger charge is 2.09. The molecule has 1 heterocycles. The van der Waals surface area contributed by atoms with Crippen molar-refractivity contribution >= 4 is 24.8 Å². The second-order valence-electron chi connectivity index (χ2n) is 3.88. The van der Waals surface area contributed by atoms with E-state index in [1.165, 1.54) is 19.3 Å². The number of rotatable bonds is 8. The number of aromatic nitrogens is 1. The molecule has 0 saturated carbocycles. The van der Waals surface area contributed by atoms with Crippen LogP contribution in [0, 0.1) is 0 Å². The summed E-state index contributed by atoms with van der Waals surface area (Å²) >= 11 is 0. The van der Waals surface area contributed by atoms with Crippen molar-refractivity contribution in [1.29, 1.82) is 0 Å². The van der Waals surface area contributed by atoms with Crippen LogP contribution in [0.1, 0.15) is 31.9 Å². The maximum absolute atomic E-state index is 5.32. The minimum Gasteiger partial charge on any atom is -0.493 e. The molecule has 1 rings (SSSR count). The average molecular weight is 311 g/mol. The lowest BCUT2D eigenvalue weighted by molar-refractivity contribution is 0.348. The highest BCUT2D eigenvalue weighted by Crippen LogP contribution is 2.28. The van der Waals surface area contributed by atoms with Crippen molar-refractivity contribution in [1.82, 2.24) is 10.3 Å². The zero-order chi connectivity index (χ0) is 12.5. The SMILES string of the molecule is CCCCCNCc1nccc(OC)c1OC.Cl.Cl. The van der Waals surface area contributed by atoms with Gasteiger partial charge >= 0.3 is 0 Å². The van der Waals surface area contributed by atoms with Gasteiger partial charge < -0.3 is 14.8 Å². The van der Waals surface area contributed by atoms with E-state index in [4.69, 9.17) is 9.47 Å². The van der Waals surface area contributed by atoms with E-state index in [0.29, 0.717) is 6.54 Å². The summed E-state index contributed by atoms with van der Waals surface area (Å²) in [5.41, 5.74) is 0.892. The van der Waals surface area contributed by atoms with Crippen LogP contribution in [0.2, 0.25) is 0 Å². The van der Waals surface area contributed by atoms with Crippen LogP contribution < -0.4 is 14.8 Å². The maximum Gasteiger partial charge on any atom is 0.183 e. The first-order chi connectivity index (χ1) is 8.33. The lowest BCUT2D eigenvalue weighted by Gasteiger charge is -2.11. The molecule has 112 valence electrons. The van der Waals surface area contributed by atoms with Crippen LogP contribution in [-0.2, 0) is 6.54 Å². The predicted molar refractivity (Wildman–Crippen MR) is 83.1 cm³/mol. The number of pyridine rings is 1. The van der Waals surface area contributed by atoms with Crippen LogP contribution in [0.15, 0.2) is 12.3 Å². The zero-order valence-corrected chi connectivity index (χ0v) is 13.4. The van der Waals surface area contributed by atoms with Gasteiger partial charge in [-0.2, -0.15) is 0 Å². The van der Waals surface area contributed by atoms with Crippen LogP contribution in [0.4, 0.5) is 0 Å². The first-order valence-corrected chi connectivity index (χ1v) is 6.10. The van der Waals surface area contributed by atoms with Gasteiger partial charge in [0.2, 0.25) is 0 Å². The van der Waals surface area contributed by atoms with Crippen LogP contribution >= 0.6 is 24.8 Å². The molecule has 0 spiro atoms. The Labute approximate surface area is 128 Å². The van der Waals surface area contributed by atoms with Crippen molar-refractivity contribution in [3.8, 4) is 11.5 Å². The summed E-state index contributed by atoms with van der Waals surface area (Å²) in [5.74, 6) is 1.45. The summed E-state index contributed by atoms with van der Waals surface area (Å²) < 4.78 is 10.5. The second kappa shape index (κ2) is 12.3. The summed E-state index contributed by atoms with van der Waals surface area (Å²) in [5, 5.41) is 3.36. The van der Waals surface area contributed by atoms with E-state index < -0.39 is 0 Å². The molecular weight excluding hydrogens is 287 g/mol. The Morgan fingerprint density at radius 1 is 1.16 bits per heavy atom. The molecule has 0 atom stereocenters. The van der Waals surface area contributed by atoms with Crippen LogP contribution in [0.25, 0.3) is 0 Å². The highest BCUT2D eigenvalue weighted by molar-refractivity contribution is 5.85. The van der Waals surface area contributed by atoms with E-state index in [9.17, 15) is 0 Å². The number of unbranched alkanes of at least 4 members (excludes halogenated alkanes) is 2. The van der Waals surface area contributed by atoms with Crippen molar-refractivity contribution < 1.29 is 9.47 Å². The molecule has 1 N–H and O–H groups in total. The van der Waals surface area contributed by atoms with Crippen molar-refractivity contribution in [2.75, 3.05) is 20.8 Å². The molecule has 0 radical (unpaired) electrons. The first kappa shape index (κ1) is 20.6. The standard InChI is InChI=1S/C13H22N2O2.2ClH/c1-4-5-6-8-14-10-11-13(17-3)12(16-2)7-9-15-11;;/h7,9,14H,4-6,8,10H2,1-3H3;2*1H. The lowest BCUT2D eigenvalue weighted by Crippen LogP contribution is -2.16. The maximum atomic E-state index is 5.32. The number of hydrogen-bond donors (Lipinski definition) is 1. The van der Waals surface area contributed by atoms with Crippen molar-refractivity contribution in [3.63, 3.8) is 0 Å². The highest BCUT2D eigenvalue weighted by atomic mass is 35.5. The van der Waals surface area contributed by atoms with E-state index in [-0.39, 0.29) is 24.8 Å². The summed E-state index contributed by atoms with van der Waals surface area (Å²) in [6.07, 6.45) is 5.44. The van der Waals surface area contributed by atoms with Crippen LogP contribution in [0.3, 0.4) is 0 Å². The molecule has 1 aromatic rings. The van der Waals surface area contributed by atoms with E-state index in [0.717, 1.165) is 23.7 Å². The lowest BCUT2D eigenvalue weighted by atomic mass is 10.2. The normalized spacial score (nSPS) is 9.21. The third-order valence-corrected chi connectivity index (χ3v) is 2.62. The molecular formula is C13H24Cl2N2O2. The first-order valence-electron chi connectivity index (χ1n) is 6.10. The Kier molecular flexibility index (Phi) is 13.4. The number of methoxy groups -OCH3 is 2. The molecule has 0 bridgehead atoms. The molecule has 1 aromatic heterocycles. The van der Waals surface area contributed by atoms with E-state index in [2.05, 4.69) is 17.2 Å². The van der Waals surface area contributed by atoms with Crippen LogP contribution in [-0.4, -0.2) is 25.7 Å². The van der Waals surface area contributed by atoms with Gasteiger partial charge in [-0.25, -0.2) is 0 Å². The van der Waals surface area contributed by atoms with Gasteiger partial charge in [-0.1, -0.05) is 19.8 Å². The summed E-state index contributed by atoms with van der Waals surface area (Å²) in [4.78, 5) is 4.31. The molecule has 0 aromatic carbocycles. The fourth-order valence-corrected chi connectivity index (χ4v) is 1.68. The fraction of sp³-hybridized carbons (Fsp3) is 0.615. The molecule has 6 heteroatoms. The van der Waals surface area contributed by atoms with E-state index in [1.807, 2.05) is 0 Å². The van der Waals surface area contributed by atoms with E-state index in [1.54, 1.807) is 26.5 Å². The molecule has 0 unspecified atom stereocenters. The number of nitrogens with one attached hydrogen (secondary N) is 1. The van der Waals surface area contributed by atoms with E-state index >= 15 is 0 Å². The number of halogens is 2. The zero-order valence-electron chi connectivity index (χ0n) is 11.8. The monoisotopic (exact) mass is 310 g/mol. The summed E-state index contributed by atoms with van der Waals surface area (Å²) in [7, 11) is 3.27. The topological polar surface area (TPSA) is 43.4 Å². The van der Waals surface area contributed by atoms with Gasteiger partial charge in [-0.3, -0.25) is 4.98 Å².